The molecule has 0 aliphatic heterocycles. The van der Waals surface area contributed by atoms with Gasteiger partial charge in [0.2, 0.25) is 0 Å². The monoisotopic (exact) mass is 876 g/mol. The molecule has 10 aromatic carbocycles. The number of nitrogens with zero attached hydrogens (tertiary/aromatic N) is 2. The van der Waals surface area contributed by atoms with E-state index in [1.807, 2.05) is 12.1 Å². The van der Waals surface area contributed by atoms with Crippen molar-refractivity contribution in [3.63, 3.8) is 0 Å². The number of fused-ring (bicyclic) bond motifs is 6. The Morgan fingerprint density at radius 3 is 1.03 bits per heavy atom. The van der Waals surface area contributed by atoms with Crippen molar-refractivity contribution in [3.05, 3.63) is 241 Å². The van der Waals surface area contributed by atoms with Crippen molar-refractivity contribution in [2.24, 2.45) is 0 Å². The molecule has 0 atom stereocenters. The second kappa shape index (κ2) is 16.7. The van der Waals surface area contributed by atoms with Crippen LogP contribution in [0.5, 0.6) is 0 Å². The molecule has 0 bridgehead atoms. The Morgan fingerprint density at radius 2 is 0.618 bits per heavy atom. The second-order valence-electron chi connectivity index (χ2n) is 17.9. The highest BCUT2D eigenvalue weighted by Gasteiger charge is 2.26. The lowest BCUT2D eigenvalue weighted by atomic mass is 9.88. The quantitative estimate of drug-likeness (QED) is 0.145. The van der Waals surface area contributed by atoms with Gasteiger partial charge in [-0.15, -0.1) is 0 Å². The molecule has 0 saturated carbocycles. The van der Waals surface area contributed by atoms with E-state index in [1.54, 1.807) is 0 Å². The number of benzene rings is 10. The number of aryl methyl sites for hydroxylation is 4. The fraction of sp³-hybridized carbons (Fsp3) is 0.0625. The van der Waals surface area contributed by atoms with Gasteiger partial charge >= 0.3 is 0 Å². The molecule has 0 aliphatic rings. The molecule has 0 radical (unpaired) electrons. The predicted octanol–water partition coefficient (Wildman–Crippen LogP) is 18.7. The van der Waals surface area contributed by atoms with Crippen molar-refractivity contribution in [3.8, 4) is 33.4 Å². The highest BCUT2D eigenvalue weighted by molar-refractivity contribution is 6.12. The topological polar surface area (TPSA) is 32.8 Å². The van der Waals surface area contributed by atoms with Crippen LogP contribution in [0.25, 0.3) is 77.3 Å². The lowest BCUT2D eigenvalue weighted by Crippen LogP contribution is -2.13. The van der Waals surface area contributed by atoms with E-state index in [-0.39, 0.29) is 0 Å². The lowest BCUT2D eigenvalue weighted by molar-refractivity contribution is 0.668. The zero-order valence-electron chi connectivity index (χ0n) is 38.5. The number of furan rings is 2. The van der Waals surface area contributed by atoms with E-state index in [0.29, 0.717) is 0 Å². The average molecular weight is 877 g/mol. The van der Waals surface area contributed by atoms with Crippen LogP contribution in [0.4, 0.5) is 34.1 Å². The first kappa shape index (κ1) is 40.9. The minimum absolute atomic E-state index is 0.856. The van der Waals surface area contributed by atoms with E-state index >= 15 is 0 Å². The van der Waals surface area contributed by atoms with E-state index in [4.69, 9.17) is 8.83 Å². The van der Waals surface area contributed by atoms with Crippen molar-refractivity contribution >= 4 is 78.0 Å². The summed E-state index contributed by atoms with van der Waals surface area (Å²) >= 11 is 0. The average Bonchev–Trinajstić information content (AvgIpc) is 3.95. The number of rotatable bonds is 9. The number of anilines is 6. The molecule has 4 nitrogen and oxygen atoms in total. The first-order valence-electron chi connectivity index (χ1n) is 23.3. The van der Waals surface area contributed by atoms with Crippen molar-refractivity contribution in [2.45, 2.75) is 27.7 Å². The normalized spacial score (nSPS) is 11.5. The summed E-state index contributed by atoms with van der Waals surface area (Å²) in [5.74, 6) is 0. The molecular weight excluding hydrogens is 829 g/mol. The zero-order valence-corrected chi connectivity index (χ0v) is 38.5. The van der Waals surface area contributed by atoms with Crippen LogP contribution in [0.15, 0.2) is 227 Å². The largest absolute Gasteiger partial charge is 0.454 e. The minimum Gasteiger partial charge on any atom is -0.454 e. The summed E-state index contributed by atoms with van der Waals surface area (Å²) in [6, 6.07) is 77.8. The number of hydrogen-bond donors (Lipinski definition) is 0. The van der Waals surface area contributed by atoms with E-state index in [9.17, 15) is 0 Å². The van der Waals surface area contributed by atoms with Gasteiger partial charge in [0.1, 0.15) is 11.2 Å². The molecule has 0 spiro atoms. The molecule has 0 saturated heterocycles. The van der Waals surface area contributed by atoms with Gasteiger partial charge in [0.25, 0.3) is 0 Å². The van der Waals surface area contributed by atoms with Crippen LogP contribution in [-0.2, 0) is 0 Å². The highest BCUT2D eigenvalue weighted by atomic mass is 16.3. The third kappa shape index (κ3) is 6.84. The van der Waals surface area contributed by atoms with Crippen LogP contribution in [0.1, 0.15) is 22.3 Å². The standard InChI is InChI=1S/C64H48N2O2/c1-41-37-47(65(55-31-15-11-25-49(55)45-21-7-5-8-22-45)57-33-19-29-53-51-27-13-17-35-59(51)67-63(53)57)38-42(2)61(41)62-43(3)39-48(40-44(62)4)66(56-32-16-12-26-50(56)46-23-9-6-10-24-46)58-34-20-30-54-52-28-14-18-36-60(52)68-64(54)58/h5-40H,1-4H3. The molecule has 326 valence electrons. The van der Waals surface area contributed by atoms with Gasteiger partial charge < -0.3 is 18.6 Å². The van der Waals surface area contributed by atoms with E-state index in [2.05, 4.69) is 244 Å². The van der Waals surface area contributed by atoms with Crippen LogP contribution in [0, 0.1) is 27.7 Å². The van der Waals surface area contributed by atoms with Gasteiger partial charge in [0.15, 0.2) is 11.2 Å². The smallest absolute Gasteiger partial charge is 0.159 e. The summed E-state index contributed by atoms with van der Waals surface area (Å²) in [4.78, 5) is 4.78. The first-order valence-corrected chi connectivity index (χ1v) is 23.3. The third-order valence-electron chi connectivity index (χ3n) is 13.5. The molecule has 0 unspecified atom stereocenters. The Balaban J connectivity index is 1.03. The van der Waals surface area contributed by atoms with Gasteiger partial charge in [0.05, 0.1) is 22.7 Å². The molecule has 0 N–H and O–H groups in total. The number of para-hydroxylation sites is 6. The molecule has 2 heterocycles. The van der Waals surface area contributed by atoms with E-state index < -0.39 is 0 Å². The molecule has 2 aromatic heterocycles. The summed E-state index contributed by atoms with van der Waals surface area (Å²) in [5, 5.41) is 4.39. The van der Waals surface area contributed by atoms with E-state index in [0.717, 1.165) is 100 Å². The maximum atomic E-state index is 6.75. The van der Waals surface area contributed by atoms with Gasteiger partial charge in [-0.3, -0.25) is 0 Å². The van der Waals surface area contributed by atoms with Crippen LogP contribution in [0.2, 0.25) is 0 Å². The first-order chi connectivity index (χ1) is 33.4. The maximum Gasteiger partial charge on any atom is 0.159 e. The molecular formula is C64H48N2O2. The van der Waals surface area contributed by atoms with Gasteiger partial charge in [-0.05, 0) is 133 Å². The lowest BCUT2D eigenvalue weighted by Gasteiger charge is -2.30. The molecule has 0 amide bonds. The Bertz CT molecular complexity index is 3560. The summed E-state index contributed by atoms with van der Waals surface area (Å²) < 4.78 is 13.5. The SMILES string of the molecule is Cc1cc(N(c2ccccc2-c2ccccc2)c2cccc3c2oc2ccccc23)cc(C)c1-c1c(C)cc(N(c2ccccc2-c2ccccc2)c2cccc3c2oc2ccccc23)cc1C. The van der Waals surface area contributed by atoms with Gasteiger partial charge in [0, 0.05) is 44.0 Å². The number of hydrogen-bond acceptors (Lipinski definition) is 4. The molecule has 0 aliphatic carbocycles. The Hall–Kier alpha value is -8.60. The Labute approximate surface area is 396 Å². The summed E-state index contributed by atoms with van der Waals surface area (Å²) in [6.07, 6.45) is 0. The predicted molar refractivity (Wildman–Crippen MR) is 286 cm³/mol. The molecule has 68 heavy (non-hydrogen) atoms. The molecule has 0 fully saturated rings. The molecule has 12 rings (SSSR count). The molecule has 12 aromatic rings. The fourth-order valence-corrected chi connectivity index (χ4v) is 10.6. The summed E-state index contributed by atoms with van der Waals surface area (Å²) in [5.41, 5.74) is 21.5. The van der Waals surface area contributed by atoms with Crippen LogP contribution in [0.3, 0.4) is 0 Å². The summed E-state index contributed by atoms with van der Waals surface area (Å²) in [7, 11) is 0. The van der Waals surface area contributed by atoms with Crippen molar-refractivity contribution < 1.29 is 8.83 Å². The fourth-order valence-electron chi connectivity index (χ4n) is 10.6. The minimum atomic E-state index is 0.856. The highest BCUT2D eigenvalue weighted by Crippen LogP contribution is 2.50. The van der Waals surface area contributed by atoms with Crippen LogP contribution < -0.4 is 9.80 Å². The van der Waals surface area contributed by atoms with Gasteiger partial charge in [-0.1, -0.05) is 158 Å². The zero-order chi connectivity index (χ0) is 45.9. The Morgan fingerprint density at radius 1 is 0.294 bits per heavy atom. The van der Waals surface area contributed by atoms with E-state index in [1.165, 1.54) is 33.4 Å². The maximum absolute atomic E-state index is 6.75. The summed E-state index contributed by atoms with van der Waals surface area (Å²) in [6.45, 7) is 9.03. The molecule has 4 heteroatoms. The van der Waals surface area contributed by atoms with Gasteiger partial charge in [-0.25, -0.2) is 0 Å². The second-order valence-corrected chi connectivity index (χ2v) is 17.9. The van der Waals surface area contributed by atoms with Crippen molar-refractivity contribution in [1.29, 1.82) is 0 Å². The Kier molecular flexibility index (Phi) is 10.0. The van der Waals surface area contributed by atoms with Crippen LogP contribution >= 0.6 is 0 Å². The van der Waals surface area contributed by atoms with Crippen molar-refractivity contribution in [1.82, 2.24) is 0 Å². The van der Waals surface area contributed by atoms with Crippen LogP contribution in [-0.4, -0.2) is 0 Å². The van der Waals surface area contributed by atoms with Crippen molar-refractivity contribution in [2.75, 3.05) is 9.80 Å². The third-order valence-corrected chi connectivity index (χ3v) is 13.5. The van der Waals surface area contributed by atoms with Gasteiger partial charge in [-0.2, -0.15) is 0 Å².